The molecule has 1 aromatic heterocycles. The first-order valence-electron chi connectivity index (χ1n) is 7.52. The molecule has 2 rings (SSSR count). The molecule has 2 atom stereocenters. The number of aliphatic hydroxyl groups excluding tert-OH is 1. The molecule has 0 bridgehead atoms. The third-order valence-electron chi connectivity index (χ3n) is 3.46. The summed E-state index contributed by atoms with van der Waals surface area (Å²) in [4.78, 5) is 21.7. The van der Waals surface area contributed by atoms with E-state index in [9.17, 15) is 9.90 Å². The summed E-state index contributed by atoms with van der Waals surface area (Å²) in [6.45, 7) is 6.94. The van der Waals surface area contributed by atoms with Gasteiger partial charge in [0.05, 0.1) is 12.6 Å². The maximum Gasteiger partial charge on any atom is 0.410 e. The van der Waals surface area contributed by atoms with E-state index in [-0.39, 0.29) is 18.6 Å². The molecule has 0 aliphatic carbocycles. The molecule has 122 valence electrons. The number of nitrogens with one attached hydrogen (secondary N) is 1. The second kappa shape index (κ2) is 6.91. The van der Waals surface area contributed by atoms with Crippen molar-refractivity contribution in [3.05, 3.63) is 18.5 Å². The lowest BCUT2D eigenvalue weighted by Crippen LogP contribution is -2.49. The van der Waals surface area contributed by atoms with Gasteiger partial charge in [0, 0.05) is 31.4 Å². The summed E-state index contributed by atoms with van der Waals surface area (Å²) >= 11 is 0. The number of ether oxygens (including phenoxy) is 1. The van der Waals surface area contributed by atoms with Crippen molar-refractivity contribution in [3.8, 4) is 0 Å². The number of hydrogen-bond acceptors (Lipinski definition) is 6. The van der Waals surface area contributed by atoms with E-state index < -0.39 is 11.7 Å². The number of aliphatic hydroxyl groups is 1. The monoisotopic (exact) mass is 308 g/mol. The van der Waals surface area contributed by atoms with Crippen molar-refractivity contribution in [1.82, 2.24) is 14.9 Å². The number of anilines is 1. The second-order valence-electron chi connectivity index (χ2n) is 6.50. The molecular formula is C15H24N4O3. The molecule has 0 saturated carbocycles. The van der Waals surface area contributed by atoms with Crippen molar-refractivity contribution < 1.29 is 14.6 Å². The molecule has 1 fully saturated rings. The molecule has 0 unspecified atom stereocenters. The van der Waals surface area contributed by atoms with Crippen molar-refractivity contribution >= 4 is 12.0 Å². The Hall–Kier alpha value is -1.89. The Balaban J connectivity index is 1.81. The zero-order valence-corrected chi connectivity index (χ0v) is 13.3. The van der Waals surface area contributed by atoms with Crippen LogP contribution in [0, 0.1) is 5.92 Å². The van der Waals surface area contributed by atoms with Gasteiger partial charge in [0.1, 0.15) is 5.60 Å². The summed E-state index contributed by atoms with van der Waals surface area (Å²) in [5, 5.41) is 13.3. The fraction of sp³-hybridized carbons (Fsp3) is 0.667. The molecule has 1 saturated heterocycles. The van der Waals surface area contributed by atoms with Crippen LogP contribution in [0.15, 0.2) is 18.5 Å². The number of aromatic nitrogens is 2. The van der Waals surface area contributed by atoms with E-state index in [1.807, 2.05) is 20.8 Å². The van der Waals surface area contributed by atoms with Crippen LogP contribution < -0.4 is 5.32 Å². The van der Waals surface area contributed by atoms with Crippen LogP contribution in [-0.2, 0) is 4.74 Å². The number of piperidine rings is 1. The summed E-state index contributed by atoms with van der Waals surface area (Å²) in [6.07, 6.45) is 3.08. The highest BCUT2D eigenvalue weighted by molar-refractivity contribution is 5.68. The van der Waals surface area contributed by atoms with E-state index in [4.69, 9.17) is 4.74 Å². The van der Waals surface area contributed by atoms with Crippen molar-refractivity contribution in [2.45, 2.75) is 38.9 Å². The quantitative estimate of drug-likeness (QED) is 0.880. The molecule has 1 aromatic rings. The van der Waals surface area contributed by atoms with Crippen LogP contribution in [0.3, 0.4) is 0 Å². The lowest BCUT2D eigenvalue weighted by atomic mass is 9.94. The minimum Gasteiger partial charge on any atom is -0.444 e. The average Bonchev–Trinajstić information content (AvgIpc) is 2.45. The van der Waals surface area contributed by atoms with Gasteiger partial charge in [0.25, 0.3) is 0 Å². The number of amides is 1. The van der Waals surface area contributed by atoms with Crippen LogP contribution in [0.25, 0.3) is 0 Å². The minimum absolute atomic E-state index is 0.0579. The third-order valence-corrected chi connectivity index (χ3v) is 3.46. The molecule has 2 heterocycles. The largest absolute Gasteiger partial charge is 0.444 e. The maximum absolute atomic E-state index is 12.0. The van der Waals surface area contributed by atoms with E-state index in [0.717, 1.165) is 0 Å². The Morgan fingerprint density at radius 3 is 2.73 bits per heavy atom. The zero-order chi connectivity index (χ0) is 16.2. The Kier molecular flexibility index (Phi) is 5.18. The van der Waals surface area contributed by atoms with E-state index in [2.05, 4.69) is 15.3 Å². The number of likely N-dealkylation sites (tertiary alicyclic amines) is 1. The van der Waals surface area contributed by atoms with E-state index in [0.29, 0.717) is 25.5 Å². The van der Waals surface area contributed by atoms with E-state index in [1.165, 1.54) is 0 Å². The van der Waals surface area contributed by atoms with Crippen LogP contribution in [0.4, 0.5) is 10.7 Å². The topological polar surface area (TPSA) is 87.6 Å². The lowest BCUT2D eigenvalue weighted by molar-refractivity contribution is -0.0104. The van der Waals surface area contributed by atoms with Gasteiger partial charge in [-0.3, -0.25) is 0 Å². The predicted octanol–water partition coefficient (Wildman–Crippen LogP) is 1.51. The highest BCUT2D eigenvalue weighted by Gasteiger charge is 2.32. The first kappa shape index (κ1) is 16.5. The number of nitrogens with zero attached hydrogens (tertiary/aromatic N) is 3. The average molecular weight is 308 g/mol. The van der Waals surface area contributed by atoms with E-state index in [1.54, 1.807) is 23.4 Å². The highest BCUT2D eigenvalue weighted by atomic mass is 16.6. The van der Waals surface area contributed by atoms with Gasteiger partial charge in [-0.1, -0.05) is 0 Å². The van der Waals surface area contributed by atoms with Gasteiger partial charge < -0.3 is 20.1 Å². The lowest BCUT2D eigenvalue weighted by Gasteiger charge is -2.36. The van der Waals surface area contributed by atoms with Crippen LogP contribution in [0.5, 0.6) is 0 Å². The normalized spacial score (nSPS) is 22.3. The molecule has 1 aliphatic heterocycles. The number of rotatable bonds is 3. The fourth-order valence-corrected chi connectivity index (χ4v) is 2.32. The van der Waals surface area contributed by atoms with Gasteiger partial charge in [-0.05, 0) is 33.3 Å². The summed E-state index contributed by atoms with van der Waals surface area (Å²) in [6, 6.07) is 1.75. The Labute approximate surface area is 130 Å². The Bertz CT molecular complexity index is 489. The Morgan fingerprint density at radius 2 is 2.14 bits per heavy atom. The second-order valence-corrected chi connectivity index (χ2v) is 6.50. The van der Waals surface area contributed by atoms with Gasteiger partial charge in [0.15, 0.2) is 0 Å². The van der Waals surface area contributed by atoms with Gasteiger partial charge in [-0.2, -0.15) is 0 Å². The SMILES string of the molecule is CC(C)(C)OC(=O)N1CC[C@@H](CNc2ncccn2)[C@@H](O)C1. The molecule has 0 radical (unpaired) electrons. The maximum atomic E-state index is 12.0. The third kappa shape index (κ3) is 4.84. The minimum atomic E-state index is -0.586. The summed E-state index contributed by atoms with van der Waals surface area (Å²) in [5.74, 6) is 0.603. The first-order chi connectivity index (χ1) is 10.3. The molecule has 7 nitrogen and oxygen atoms in total. The molecular weight excluding hydrogens is 284 g/mol. The van der Waals surface area contributed by atoms with Crippen LogP contribution in [0.2, 0.25) is 0 Å². The molecule has 22 heavy (non-hydrogen) atoms. The molecule has 0 aromatic carbocycles. The van der Waals surface area contributed by atoms with Crippen molar-refractivity contribution in [2.75, 3.05) is 25.0 Å². The van der Waals surface area contributed by atoms with E-state index >= 15 is 0 Å². The summed E-state index contributed by atoms with van der Waals surface area (Å²) in [7, 11) is 0. The first-order valence-corrected chi connectivity index (χ1v) is 7.52. The highest BCUT2D eigenvalue weighted by Crippen LogP contribution is 2.20. The van der Waals surface area contributed by atoms with Gasteiger partial charge in [0.2, 0.25) is 5.95 Å². The number of carbonyl (C=O) groups excluding carboxylic acids is 1. The molecule has 1 amide bonds. The molecule has 2 N–H and O–H groups in total. The summed E-state index contributed by atoms with van der Waals surface area (Å²) < 4.78 is 5.33. The van der Waals surface area contributed by atoms with Crippen LogP contribution >= 0.6 is 0 Å². The smallest absolute Gasteiger partial charge is 0.410 e. The number of carbonyl (C=O) groups is 1. The Morgan fingerprint density at radius 1 is 1.45 bits per heavy atom. The molecule has 7 heteroatoms. The van der Waals surface area contributed by atoms with Gasteiger partial charge >= 0.3 is 6.09 Å². The molecule has 1 aliphatic rings. The van der Waals surface area contributed by atoms with Crippen LogP contribution in [-0.4, -0.2) is 57.4 Å². The van der Waals surface area contributed by atoms with Crippen molar-refractivity contribution in [2.24, 2.45) is 5.92 Å². The molecule has 0 spiro atoms. The standard InChI is InChI=1S/C15H24N4O3/c1-15(2,3)22-14(21)19-8-5-11(12(20)10-19)9-18-13-16-6-4-7-17-13/h4,6-7,11-12,20H,5,8-10H2,1-3H3,(H,16,17,18)/t11-,12-/m0/s1. The predicted molar refractivity (Wildman–Crippen MR) is 82.4 cm³/mol. The van der Waals surface area contributed by atoms with Crippen molar-refractivity contribution in [3.63, 3.8) is 0 Å². The van der Waals surface area contributed by atoms with Gasteiger partial charge in [-0.25, -0.2) is 14.8 Å². The van der Waals surface area contributed by atoms with Crippen LogP contribution in [0.1, 0.15) is 27.2 Å². The zero-order valence-electron chi connectivity index (χ0n) is 13.3. The number of β-amino-alcohol motifs (C(OH)–C–C–N with tert-alkyl or cyclic N) is 1. The van der Waals surface area contributed by atoms with Gasteiger partial charge in [-0.15, -0.1) is 0 Å². The summed E-state index contributed by atoms with van der Waals surface area (Å²) in [5.41, 5.74) is -0.523. The fourth-order valence-electron chi connectivity index (χ4n) is 2.32. The number of hydrogen-bond donors (Lipinski definition) is 2. The van der Waals surface area contributed by atoms with Crippen molar-refractivity contribution in [1.29, 1.82) is 0 Å².